The van der Waals surface area contributed by atoms with Crippen LogP contribution < -0.4 is 15.4 Å². The van der Waals surface area contributed by atoms with Crippen LogP contribution in [0.15, 0.2) is 48.5 Å². The number of anilines is 2. The highest BCUT2D eigenvalue weighted by atomic mass is 32.2. The van der Waals surface area contributed by atoms with E-state index in [0.717, 1.165) is 22.6 Å². The normalized spacial score (nSPS) is 14.4. The lowest BCUT2D eigenvalue weighted by molar-refractivity contribution is -0.139. The van der Waals surface area contributed by atoms with Gasteiger partial charge >= 0.3 is 11.9 Å². The van der Waals surface area contributed by atoms with Crippen molar-refractivity contribution in [1.29, 1.82) is 0 Å². The predicted molar refractivity (Wildman–Crippen MR) is 156 cm³/mol. The van der Waals surface area contributed by atoms with E-state index in [2.05, 4.69) is 10.6 Å². The van der Waals surface area contributed by atoms with Crippen LogP contribution in [0.2, 0.25) is 0 Å². The summed E-state index contributed by atoms with van der Waals surface area (Å²) in [5, 5.41) is 24.7. The number of nitrogens with zero attached hydrogens (tertiary/aromatic N) is 1. The van der Waals surface area contributed by atoms with Gasteiger partial charge in [-0.25, -0.2) is 22.3 Å². The van der Waals surface area contributed by atoms with E-state index in [1.54, 1.807) is 31.2 Å². The quantitative estimate of drug-likeness (QED) is 0.252. The minimum absolute atomic E-state index is 0.0354. The van der Waals surface area contributed by atoms with Crippen molar-refractivity contribution in [2.24, 2.45) is 0 Å². The molecule has 1 saturated heterocycles. The first-order valence-electron chi connectivity index (χ1n) is 12.9. The molecule has 4 N–H and O–H groups in total. The fourth-order valence-electron chi connectivity index (χ4n) is 4.73. The number of thiophene rings is 1. The lowest BCUT2D eigenvalue weighted by Crippen LogP contribution is -2.42. The Morgan fingerprint density at radius 1 is 1.05 bits per heavy atom. The number of amides is 1. The van der Waals surface area contributed by atoms with Gasteiger partial charge in [-0.15, -0.1) is 11.3 Å². The van der Waals surface area contributed by atoms with Crippen LogP contribution in [-0.2, 0) is 25.4 Å². The number of rotatable bonds is 11. The molecule has 0 spiro atoms. The third kappa shape index (κ3) is 7.63. The highest BCUT2D eigenvalue weighted by Gasteiger charge is 2.29. The Bertz CT molecular complexity index is 1560. The Morgan fingerprint density at radius 3 is 2.39 bits per heavy atom. The summed E-state index contributed by atoms with van der Waals surface area (Å²) in [6.07, 6.45) is 1.20. The van der Waals surface area contributed by atoms with E-state index in [0.29, 0.717) is 47.6 Å². The van der Waals surface area contributed by atoms with E-state index in [9.17, 15) is 27.9 Å². The first-order valence-corrected chi connectivity index (χ1v) is 15.3. The Labute approximate surface area is 241 Å². The molecule has 2 heterocycles. The molecule has 218 valence electrons. The second-order valence-electron chi connectivity index (χ2n) is 9.74. The highest BCUT2D eigenvalue weighted by Crippen LogP contribution is 2.42. The number of carboxylic acid groups (broad SMARTS) is 2. The molecular weight excluding hydrogens is 570 g/mol. The van der Waals surface area contributed by atoms with Crippen molar-refractivity contribution >= 4 is 50.6 Å². The standard InChI is InChI=1S/C28H31N3O8S2/c1-17-25(39-15-24(33)34)27(28(35)36)40-26(17)20-6-4-8-23(14-20)30-21-9-11-31(12-10-21)41(37,38)16-19-5-3-7-22(13-19)29-18(2)32/h3-8,13-14,21,30H,9-12,15-16H2,1-2H3,(H,29,32)(H,33,34)(H,35,36). The van der Waals surface area contributed by atoms with Gasteiger partial charge in [-0.1, -0.05) is 24.3 Å². The van der Waals surface area contributed by atoms with Gasteiger partial charge in [0.05, 0.1) is 5.75 Å². The monoisotopic (exact) mass is 601 g/mol. The van der Waals surface area contributed by atoms with Gasteiger partial charge in [0, 0.05) is 47.9 Å². The van der Waals surface area contributed by atoms with Gasteiger partial charge in [-0.2, -0.15) is 0 Å². The molecule has 1 aliphatic heterocycles. The van der Waals surface area contributed by atoms with Gasteiger partial charge < -0.3 is 25.6 Å². The van der Waals surface area contributed by atoms with E-state index in [4.69, 9.17) is 9.84 Å². The average Bonchev–Trinajstić information content (AvgIpc) is 3.24. The SMILES string of the molecule is CC(=O)Nc1cccc(CS(=O)(=O)N2CCC(Nc3cccc(-c4sc(C(=O)O)c(OCC(=O)O)c4C)c3)CC2)c1. The maximum absolute atomic E-state index is 13.1. The summed E-state index contributed by atoms with van der Waals surface area (Å²) in [5.41, 5.74) is 3.26. The number of hydrogen-bond acceptors (Lipinski definition) is 8. The lowest BCUT2D eigenvalue weighted by Gasteiger charge is -2.32. The molecule has 41 heavy (non-hydrogen) atoms. The first-order chi connectivity index (χ1) is 19.4. The topological polar surface area (TPSA) is 162 Å². The summed E-state index contributed by atoms with van der Waals surface area (Å²) in [6, 6.07) is 14.3. The fraction of sp³-hybridized carbons (Fsp3) is 0.321. The zero-order valence-corrected chi connectivity index (χ0v) is 24.2. The molecule has 11 nitrogen and oxygen atoms in total. The molecule has 0 aliphatic carbocycles. The van der Waals surface area contributed by atoms with Crippen LogP contribution in [0.4, 0.5) is 11.4 Å². The number of aromatic carboxylic acids is 1. The zero-order chi connectivity index (χ0) is 29.7. The molecular formula is C28H31N3O8S2. The van der Waals surface area contributed by atoms with Gasteiger partial charge in [-0.3, -0.25) is 4.79 Å². The number of piperidine rings is 1. The number of benzene rings is 2. The van der Waals surface area contributed by atoms with Crippen molar-refractivity contribution < 1.29 is 37.8 Å². The van der Waals surface area contributed by atoms with Gasteiger partial charge in [0.1, 0.15) is 5.75 Å². The van der Waals surface area contributed by atoms with E-state index < -0.39 is 28.6 Å². The Hall–Kier alpha value is -3.94. The summed E-state index contributed by atoms with van der Waals surface area (Å²) in [4.78, 5) is 34.6. The maximum Gasteiger partial charge on any atom is 0.349 e. The zero-order valence-electron chi connectivity index (χ0n) is 22.5. The minimum atomic E-state index is -3.55. The Morgan fingerprint density at radius 2 is 1.73 bits per heavy atom. The molecule has 0 saturated carbocycles. The number of nitrogens with one attached hydrogen (secondary N) is 2. The van der Waals surface area contributed by atoms with Crippen molar-refractivity contribution in [3.05, 3.63) is 64.5 Å². The van der Waals surface area contributed by atoms with Crippen LogP contribution in [0.1, 0.15) is 40.6 Å². The summed E-state index contributed by atoms with van der Waals surface area (Å²) >= 11 is 1.02. The van der Waals surface area contributed by atoms with Gasteiger partial charge in [0.15, 0.2) is 11.5 Å². The number of carboxylic acids is 2. The molecule has 1 aliphatic rings. The smallest absolute Gasteiger partial charge is 0.349 e. The predicted octanol–water partition coefficient (Wildman–Crippen LogP) is 4.25. The minimum Gasteiger partial charge on any atom is -0.480 e. The van der Waals surface area contributed by atoms with Crippen LogP contribution in [0.3, 0.4) is 0 Å². The van der Waals surface area contributed by atoms with Crippen LogP contribution in [0, 0.1) is 6.92 Å². The molecule has 1 fully saturated rings. The molecule has 0 atom stereocenters. The molecule has 0 unspecified atom stereocenters. The van der Waals surface area contributed by atoms with Gasteiger partial charge in [-0.05, 0) is 55.2 Å². The molecule has 2 aromatic carbocycles. The van der Waals surface area contributed by atoms with Gasteiger partial charge in [0.25, 0.3) is 0 Å². The fourth-order valence-corrected chi connectivity index (χ4v) is 7.37. The van der Waals surface area contributed by atoms with Crippen molar-refractivity contribution in [2.75, 3.05) is 30.3 Å². The molecule has 0 radical (unpaired) electrons. The Kier molecular flexibility index (Phi) is 9.31. The number of carbonyl (C=O) groups excluding carboxylic acids is 1. The number of ether oxygens (including phenoxy) is 1. The van der Waals surface area contributed by atoms with E-state index in [-0.39, 0.29) is 28.3 Å². The maximum atomic E-state index is 13.1. The van der Waals surface area contributed by atoms with Crippen molar-refractivity contribution in [3.63, 3.8) is 0 Å². The van der Waals surface area contributed by atoms with Crippen molar-refractivity contribution in [2.45, 2.75) is 38.5 Å². The molecule has 4 rings (SSSR count). The summed E-state index contributed by atoms with van der Waals surface area (Å²) in [6.45, 7) is 3.17. The lowest BCUT2D eigenvalue weighted by atomic mass is 10.0. The van der Waals surface area contributed by atoms with E-state index in [1.165, 1.54) is 11.2 Å². The third-order valence-electron chi connectivity index (χ3n) is 6.57. The van der Waals surface area contributed by atoms with Crippen molar-refractivity contribution in [3.8, 4) is 16.2 Å². The second-order valence-corrected chi connectivity index (χ2v) is 12.7. The van der Waals surface area contributed by atoms with Crippen LogP contribution >= 0.6 is 11.3 Å². The molecule has 13 heteroatoms. The molecule has 0 bridgehead atoms. The number of aliphatic carboxylic acids is 1. The third-order valence-corrected chi connectivity index (χ3v) is 9.73. The molecule has 3 aromatic rings. The number of carbonyl (C=O) groups is 3. The van der Waals surface area contributed by atoms with Crippen LogP contribution in [0.25, 0.3) is 10.4 Å². The highest BCUT2D eigenvalue weighted by molar-refractivity contribution is 7.88. The summed E-state index contributed by atoms with van der Waals surface area (Å²) < 4.78 is 32.9. The molecule has 1 aromatic heterocycles. The largest absolute Gasteiger partial charge is 0.480 e. The average molecular weight is 602 g/mol. The van der Waals surface area contributed by atoms with Crippen molar-refractivity contribution in [1.82, 2.24) is 4.31 Å². The second kappa shape index (κ2) is 12.7. The van der Waals surface area contributed by atoms with E-state index in [1.807, 2.05) is 24.3 Å². The van der Waals surface area contributed by atoms with Crippen LogP contribution in [-0.4, -0.2) is 66.5 Å². The Balaban J connectivity index is 1.40. The summed E-state index contributed by atoms with van der Waals surface area (Å²) in [5.74, 6) is -2.73. The summed E-state index contributed by atoms with van der Waals surface area (Å²) in [7, 11) is -3.55. The van der Waals surface area contributed by atoms with Crippen LogP contribution in [0.5, 0.6) is 5.75 Å². The van der Waals surface area contributed by atoms with Gasteiger partial charge in [0.2, 0.25) is 15.9 Å². The number of sulfonamides is 1. The van der Waals surface area contributed by atoms with E-state index >= 15 is 0 Å². The molecule has 1 amide bonds. The first kappa shape index (κ1) is 30.0. The number of hydrogen-bond donors (Lipinski definition) is 4.